The molecule has 2 aliphatic rings. The number of urea groups is 1. The van der Waals surface area contributed by atoms with Gasteiger partial charge in [-0.1, -0.05) is 0 Å². The molecule has 0 radical (unpaired) electrons. The van der Waals surface area contributed by atoms with Gasteiger partial charge in [0.1, 0.15) is 0 Å². The molecule has 4 rings (SSSR count). The molecule has 2 aromatic rings. The topological polar surface area (TPSA) is 75.4 Å². The molecule has 0 spiro atoms. The number of amides is 2. The maximum atomic E-state index is 11.9. The van der Waals surface area contributed by atoms with Gasteiger partial charge >= 0.3 is 6.03 Å². The first kappa shape index (κ1) is 13.1. The molecule has 0 aromatic carbocycles. The summed E-state index contributed by atoms with van der Waals surface area (Å²) in [6.07, 6.45) is 2.73. The summed E-state index contributed by atoms with van der Waals surface area (Å²) in [4.78, 5) is 24.8. The number of nitrogens with zero attached hydrogens (tertiary/aromatic N) is 4. The fraction of sp³-hybridized carbons (Fsp3) is 0.312. The highest BCUT2D eigenvalue weighted by Crippen LogP contribution is 2.39. The standard InChI is InChI=1S/C16H17N5O/c1-10-2-3-11(8-18-10)13-4-5-14-15(19-13)21(16(17)22)12-6-7-20(14)9-12/h2-5,8,12H,6-7,9H2,1H3,(H2,17,22)/t12-/m0/s1. The zero-order chi connectivity index (χ0) is 15.3. The summed E-state index contributed by atoms with van der Waals surface area (Å²) in [5, 5.41) is 0. The third-order valence-electron chi connectivity index (χ3n) is 4.40. The summed E-state index contributed by atoms with van der Waals surface area (Å²) in [7, 11) is 0. The van der Waals surface area contributed by atoms with Gasteiger partial charge in [-0.2, -0.15) is 0 Å². The van der Waals surface area contributed by atoms with Crippen molar-refractivity contribution in [2.24, 2.45) is 5.73 Å². The van der Waals surface area contributed by atoms with Crippen molar-refractivity contribution >= 4 is 17.5 Å². The minimum atomic E-state index is -0.431. The van der Waals surface area contributed by atoms with Crippen molar-refractivity contribution in [3.05, 3.63) is 36.2 Å². The van der Waals surface area contributed by atoms with Crippen LogP contribution in [0, 0.1) is 6.92 Å². The molecule has 2 N–H and O–H groups in total. The molecule has 4 heterocycles. The van der Waals surface area contributed by atoms with E-state index >= 15 is 0 Å². The minimum absolute atomic E-state index is 0.129. The number of fused-ring (bicyclic) bond motifs is 4. The van der Waals surface area contributed by atoms with Crippen LogP contribution in [0.15, 0.2) is 30.5 Å². The zero-order valence-electron chi connectivity index (χ0n) is 12.4. The number of anilines is 2. The van der Waals surface area contributed by atoms with Crippen LogP contribution in [0.4, 0.5) is 16.3 Å². The summed E-state index contributed by atoms with van der Waals surface area (Å²) in [6.45, 7) is 3.72. The highest BCUT2D eigenvalue weighted by Gasteiger charge is 2.39. The van der Waals surface area contributed by atoms with Gasteiger partial charge < -0.3 is 10.6 Å². The Morgan fingerprint density at radius 3 is 2.91 bits per heavy atom. The van der Waals surface area contributed by atoms with Gasteiger partial charge in [0, 0.05) is 30.5 Å². The average Bonchev–Trinajstić information content (AvgIpc) is 2.92. The van der Waals surface area contributed by atoms with Gasteiger partial charge in [-0.15, -0.1) is 0 Å². The quantitative estimate of drug-likeness (QED) is 0.872. The van der Waals surface area contributed by atoms with Crippen molar-refractivity contribution in [3.8, 4) is 11.3 Å². The van der Waals surface area contributed by atoms with E-state index in [-0.39, 0.29) is 6.04 Å². The molecular weight excluding hydrogens is 278 g/mol. The van der Waals surface area contributed by atoms with Crippen LogP contribution in [0.5, 0.6) is 0 Å². The minimum Gasteiger partial charge on any atom is -0.366 e. The van der Waals surface area contributed by atoms with Crippen molar-refractivity contribution < 1.29 is 4.79 Å². The van der Waals surface area contributed by atoms with Gasteiger partial charge in [-0.05, 0) is 37.6 Å². The number of aromatic nitrogens is 2. The fourth-order valence-electron chi connectivity index (χ4n) is 3.27. The van der Waals surface area contributed by atoms with Crippen molar-refractivity contribution in [1.82, 2.24) is 9.97 Å². The Morgan fingerprint density at radius 1 is 1.32 bits per heavy atom. The molecule has 1 fully saturated rings. The average molecular weight is 295 g/mol. The van der Waals surface area contributed by atoms with Crippen LogP contribution >= 0.6 is 0 Å². The number of hydrogen-bond acceptors (Lipinski definition) is 4. The molecule has 2 aromatic heterocycles. The molecule has 2 aliphatic heterocycles. The lowest BCUT2D eigenvalue weighted by Gasteiger charge is -2.34. The molecule has 112 valence electrons. The second-order valence-corrected chi connectivity index (χ2v) is 5.82. The van der Waals surface area contributed by atoms with Crippen molar-refractivity contribution in [1.29, 1.82) is 0 Å². The normalized spacial score (nSPS) is 19.2. The molecule has 6 nitrogen and oxygen atoms in total. The number of carbonyl (C=O) groups excluding carboxylic acids is 1. The van der Waals surface area contributed by atoms with Gasteiger partial charge in [-0.3, -0.25) is 9.88 Å². The highest BCUT2D eigenvalue weighted by molar-refractivity contribution is 5.96. The van der Waals surface area contributed by atoms with Crippen LogP contribution < -0.4 is 15.5 Å². The summed E-state index contributed by atoms with van der Waals surface area (Å²) in [6, 6.07) is 7.64. The van der Waals surface area contributed by atoms with E-state index < -0.39 is 6.03 Å². The number of primary amides is 1. The highest BCUT2D eigenvalue weighted by atomic mass is 16.2. The van der Waals surface area contributed by atoms with E-state index in [0.717, 1.165) is 42.1 Å². The van der Waals surface area contributed by atoms with E-state index in [2.05, 4.69) is 9.88 Å². The van der Waals surface area contributed by atoms with E-state index in [1.54, 1.807) is 11.1 Å². The first-order valence-electron chi connectivity index (χ1n) is 7.41. The number of carbonyl (C=O) groups is 1. The van der Waals surface area contributed by atoms with E-state index in [4.69, 9.17) is 10.7 Å². The van der Waals surface area contributed by atoms with Crippen LogP contribution in [-0.4, -0.2) is 35.1 Å². The summed E-state index contributed by atoms with van der Waals surface area (Å²) in [5.41, 5.74) is 9.28. The summed E-state index contributed by atoms with van der Waals surface area (Å²) < 4.78 is 0. The maximum Gasteiger partial charge on any atom is 0.320 e. The van der Waals surface area contributed by atoms with Crippen molar-refractivity contribution in [2.75, 3.05) is 22.9 Å². The van der Waals surface area contributed by atoms with Gasteiger partial charge in [-0.25, -0.2) is 9.78 Å². The van der Waals surface area contributed by atoms with Gasteiger partial charge in [0.2, 0.25) is 0 Å². The van der Waals surface area contributed by atoms with Crippen molar-refractivity contribution in [2.45, 2.75) is 19.4 Å². The number of hydrogen-bond donors (Lipinski definition) is 1. The molecule has 6 heteroatoms. The van der Waals surface area contributed by atoms with Crippen LogP contribution in [-0.2, 0) is 0 Å². The second kappa shape index (κ2) is 4.69. The number of aryl methyl sites for hydroxylation is 1. The summed E-state index contributed by atoms with van der Waals surface area (Å²) >= 11 is 0. The Bertz CT molecular complexity index is 743. The maximum absolute atomic E-state index is 11.9. The van der Waals surface area contributed by atoms with E-state index in [1.807, 2.05) is 31.2 Å². The third-order valence-corrected chi connectivity index (χ3v) is 4.40. The predicted molar refractivity (Wildman–Crippen MR) is 84.9 cm³/mol. The zero-order valence-corrected chi connectivity index (χ0v) is 12.4. The lowest BCUT2D eigenvalue weighted by molar-refractivity contribution is 0.252. The van der Waals surface area contributed by atoms with E-state index in [9.17, 15) is 4.79 Å². The Balaban J connectivity index is 1.83. The van der Waals surface area contributed by atoms with Gasteiger partial charge in [0.25, 0.3) is 0 Å². The van der Waals surface area contributed by atoms with Gasteiger partial charge in [0.15, 0.2) is 5.82 Å². The SMILES string of the molecule is Cc1ccc(-c2ccc3c(n2)N(C(N)=O)[C@H]2CCN3C2)cn1. The molecule has 1 atom stereocenters. The molecule has 0 unspecified atom stereocenters. The monoisotopic (exact) mass is 295 g/mol. The first-order valence-corrected chi connectivity index (χ1v) is 7.41. The lowest BCUT2D eigenvalue weighted by atomic mass is 10.1. The van der Waals surface area contributed by atoms with Crippen LogP contribution in [0.1, 0.15) is 12.1 Å². The summed E-state index contributed by atoms with van der Waals surface area (Å²) in [5.74, 6) is 0.666. The predicted octanol–water partition coefficient (Wildman–Crippen LogP) is 1.93. The Kier molecular flexibility index (Phi) is 2.79. The number of pyridine rings is 2. The Hall–Kier alpha value is -2.63. The van der Waals surface area contributed by atoms with Crippen LogP contribution in [0.3, 0.4) is 0 Å². The van der Waals surface area contributed by atoms with Crippen LogP contribution in [0.2, 0.25) is 0 Å². The largest absolute Gasteiger partial charge is 0.366 e. The number of rotatable bonds is 1. The molecule has 1 saturated heterocycles. The van der Waals surface area contributed by atoms with E-state index in [1.165, 1.54) is 0 Å². The Morgan fingerprint density at radius 2 is 2.18 bits per heavy atom. The molecule has 22 heavy (non-hydrogen) atoms. The molecule has 2 amide bonds. The van der Waals surface area contributed by atoms with Gasteiger partial charge in [0.05, 0.1) is 17.4 Å². The molecular formula is C16H17N5O. The molecule has 0 saturated carbocycles. The fourth-order valence-corrected chi connectivity index (χ4v) is 3.27. The smallest absolute Gasteiger partial charge is 0.320 e. The third kappa shape index (κ3) is 1.91. The molecule has 2 bridgehead atoms. The lowest BCUT2D eigenvalue weighted by Crippen LogP contribution is -2.48. The number of nitrogens with two attached hydrogens (primary N) is 1. The van der Waals surface area contributed by atoms with Crippen LogP contribution in [0.25, 0.3) is 11.3 Å². The second-order valence-electron chi connectivity index (χ2n) is 5.82. The Labute approximate surface area is 128 Å². The van der Waals surface area contributed by atoms with Crippen molar-refractivity contribution in [3.63, 3.8) is 0 Å². The first-order chi connectivity index (χ1) is 10.6. The van der Waals surface area contributed by atoms with E-state index in [0.29, 0.717) is 5.82 Å². The molecule has 0 aliphatic carbocycles.